The van der Waals surface area contributed by atoms with Crippen molar-refractivity contribution < 1.29 is 23.4 Å². The van der Waals surface area contributed by atoms with Crippen LogP contribution in [0, 0.1) is 5.41 Å². The van der Waals surface area contributed by atoms with Crippen LogP contribution in [0.5, 0.6) is 0 Å². The van der Waals surface area contributed by atoms with Crippen molar-refractivity contribution in [2.24, 2.45) is 5.41 Å². The number of carbonyl (C=O) groups excluding carboxylic acids is 1. The molecule has 1 aromatic rings. The van der Waals surface area contributed by atoms with E-state index in [1.165, 1.54) is 24.3 Å². The van der Waals surface area contributed by atoms with Crippen LogP contribution < -0.4 is 0 Å². The van der Waals surface area contributed by atoms with E-state index in [4.69, 9.17) is 0 Å². The summed E-state index contributed by atoms with van der Waals surface area (Å²) in [6.07, 6.45) is 2.37. The normalized spacial score (nSPS) is 24.8. The van der Waals surface area contributed by atoms with Gasteiger partial charge >= 0.3 is 0 Å². The number of rotatable bonds is 5. The maximum atomic E-state index is 12.7. The van der Waals surface area contributed by atoms with E-state index in [-0.39, 0.29) is 17.4 Å². The third-order valence-corrected chi connectivity index (χ3v) is 5.89. The molecule has 0 aliphatic carbocycles. The number of likely N-dealkylation sites (tertiary alicyclic amines) is 1. The van der Waals surface area contributed by atoms with Gasteiger partial charge in [-0.3, -0.25) is 4.79 Å². The molecular weight excluding hydrogens is 330 g/mol. The third kappa shape index (κ3) is 3.79. The first-order chi connectivity index (χ1) is 11.2. The number of piperidine rings is 1. The molecule has 24 heavy (non-hydrogen) atoms. The SMILES string of the molecule is CCC[C@@]1(CO)CN(C(=O)c2ccc(S(C)(=O)=O)cc2)CC[C@H]1O. The molecule has 2 N–H and O–H groups in total. The maximum absolute atomic E-state index is 12.7. The van der Waals surface area contributed by atoms with Crippen LogP contribution in [0.25, 0.3) is 0 Å². The molecule has 1 amide bonds. The summed E-state index contributed by atoms with van der Waals surface area (Å²) in [7, 11) is -3.30. The minimum absolute atomic E-state index is 0.168. The quantitative estimate of drug-likeness (QED) is 0.824. The lowest BCUT2D eigenvalue weighted by Gasteiger charge is -2.45. The zero-order chi connectivity index (χ0) is 18.0. The molecule has 0 saturated carbocycles. The summed E-state index contributed by atoms with van der Waals surface area (Å²) in [5, 5.41) is 20.1. The number of amides is 1. The highest BCUT2D eigenvalue weighted by molar-refractivity contribution is 7.90. The molecule has 6 nitrogen and oxygen atoms in total. The number of aliphatic hydroxyl groups excluding tert-OH is 2. The van der Waals surface area contributed by atoms with Gasteiger partial charge in [0.05, 0.1) is 17.6 Å². The van der Waals surface area contributed by atoms with Gasteiger partial charge in [0.2, 0.25) is 0 Å². The van der Waals surface area contributed by atoms with Gasteiger partial charge in [0.15, 0.2) is 9.84 Å². The van der Waals surface area contributed by atoms with Gasteiger partial charge in [-0.15, -0.1) is 0 Å². The van der Waals surface area contributed by atoms with Crippen molar-refractivity contribution in [1.29, 1.82) is 0 Å². The van der Waals surface area contributed by atoms with Gasteiger partial charge < -0.3 is 15.1 Å². The van der Waals surface area contributed by atoms with Crippen molar-refractivity contribution in [1.82, 2.24) is 4.90 Å². The lowest BCUT2D eigenvalue weighted by molar-refractivity contribution is -0.0720. The van der Waals surface area contributed by atoms with E-state index in [2.05, 4.69) is 0 Å². The van der Waals surface area contributed by atoms with Crippen LogP contribution >= 0.6 is 0 Å². The van der Waals surface area contributed by atoms with E-state index >= 15 is 0 Å². The van der Waals surface area contributed by atoms with E-state index in [1.807, 2.05) is 6.92 Å². The van der Waals surface area contributed by atoms with Gasteiger partial charge in [-0.2, -0.15) is 0 Å². The third-order valence-electron chi connectivity index (χ3n) is 4.76. The Bertz CT molecular complexity index is 685. The topological polar surface area (TPSA) is 94.9 Å². The fourth-order valence-corrected chi connectivity index (χ4v) is 3.96. The van der Waals surface area contributed by atoms with E-state index in [9.17, 15) is 23.4 Å². The molecule has 1 aliphatic heterocycles. The van der Waals surface area contributed by atoms with Crippen molar-refractivity contribution >= 4 is 15.7 Å². The van der Waals surface area contributed by atoms with Crippen molar-refractivity contribution in [3.05, 3.63) is 29.8 Å². The van der Waals surface area contributed by atoms with Crippen LogP contribution in [-0.4, -0.2) is 61.5 Å². The number of sulfone groups is 1. The molecule has 2 atom stereocenters. The minimum Gasteiger partial charge on any atom is -0.396 e. The summed E-state index contributed by atoms with van der Waals surface area (Å²) in [6.45, 7) is 2.53. The highest BCUT2D eigenvalue weighted by Gasteiger charge is 2.43. The van der Waals surface area contributed by atoms with Crippen LogP contribution in [-0.2, 0) is 9.84 Å². The zero-order valence-corrected chi connectivity index (χ0v) is 14.9. The number of benzene rings is 1. The van der Waals surface area contributed by atoms with Gasteiger partial charge in [-0.1, -0.05) is 13.3 Å². The van der Waals surface area contributed by atoms with E-state index in [0.717, 1.165) is 12.7 Å². The summed E-state index contributed by atoms with van der Waals surface area (Å²) in [6, 6.07) is 5.85. The fraction of sp³-hybridized carbons (Fsp3) is 0.588. The molecular formula is C17H25NO5S. The smallest absolute Gasteiger partial charge is 0.253 e. The highest BCUT2D eigenvalue weighted by Crippen LogP contribution is 2.35. The van der Waals surface area contributed by atoms with Gasteiger partial charge in [-0.05, 0) is 37.1 Å². The maximum Gasteiger partial charge on any atom is 0.253 e. The largest absolute Gasteiger partial charge is 0.396 e. The number of nitrogens with zero attached hydrogens (tertiary/aromatic N) is 1. The molecule has 134 valence electrons. The van der Waals surface area contributed by atoms with Crippen LogP contribution in [0.4, 0.5) is 0 Å². The molecule has 1 heterocycles. The molecule has 7 heteroatoms. The van der Waals surface area contributed by atoms with Crippen molar-refractivity contribution in [3.63, 3.8) is 0 Å². The van der Waals surface area contributed by atoms with E-state index in [1.54, 1.807) is 4.90 Å². The van der Waals surface area contributed by atoms with Crippen LogP contribution in [0.1, 0.15) is 36.5 Å². The number of carbonyl (C=O) groups is 1. The number of hydrogen-bond donors (Lipinski definition) is 2. The first kappa shape index (κ1) is 18.9. The lowest BCUT2D eigenvalue weighted by atomic mass is 9.74. The monoisotopic (exact) mass is 355 g/mol. The predicted octanol–water partition coefficient (Wildman–Crippen LogP) is 1.08. The highest BCUT2D eigenvalue weighted by atomic mass is 32.2. The summed E-state index contributed by atoms with van der Waals surface area (Å²) in [5.74, 6) is -0.212. The Morgan fingerprint density at radius 2 is 1.96 bits per heavy atom. The second-order valence-electron chi connectivity index (χ2n) is 6.60. The molecule has 1 aromatic carbocycles. The minimum atomic E-state index is -3.30. The average Bonchev–Trinajstić information content (AvgIpc) is 2.56. The van der Waals surface area contributed by atoms with Gasteiger partial charge in [-0.25, -0.2) is 8.42 Å². The van der Waals surface area contributed by atoms with Crippen molar-refractivity contribution in [2.75, 3.05) is 26.0 Å². The van der Waals surface area contributed by atoms with Crippen LogP contribution in [0.3, 0.4) is 0 Å². The van der Waals surface area contributed by atoms with E-state index in [0.29, 0.717) is 31.5 Å². The lowest BCUT2D eigenvalue weighted by Crippen LogP contribution is -2.55. The summed E-state index contributed by atoms with van der Waals surface area (Å²) in [4.78, 5) is 14.5. The molecule has 2 rings (SSSR count). The second kappa shape index (κ2) is 7.21. The van der Waals surface area contributed by atoms with Crippen molar-refractivity contribution in [3.8, 4) is 0 Å². The Labute approximate surface area is 143 Å². The summed E-state index contributed by atoms with van der Waals surface area (Å²) >= 11 is 0. The Morgan fingerprint density at radius 1 is 1.33 bits per heavy atom. The molecule has 1 fully saturated rings. The summed E-state index contributed by atoms with van der Waals surface area (Å²) < 4.78 is 23.0. The Hall–Kier alpha value is -1.44. The zero-order valence-electron chi connectivity index (χ0n) is 14.1. The molecule has 0 spiro atoms. The first-order valence-corrected chi connectivity index (χ1v) is 10.0. The second-order valence-corrected chi connectivity index (χ2v) is 8.61. The number of hydrogen-bond acceptors (Lipinski definition) is 5. The van der Waals surface area contributed by atoms with Gasteiger partial charge in [0, 0.05) is 30.3 Å². The molecule has 0 aromatic heterocycles. The number of aliphatic hydroxyl groups is 2. The summed E-state index contributed by atoms with van der Waals surface area (Å²) in [5.41, 5.74) is -0.280. The van der Waals surface area contributed by atoms with E-state index < -0.39 is 21.4 Å². The fourth-order valence-electron chi connectivity index (χ4n) is 3.33. The van der Waals surface area contributed by atoms with Crippen LogP contribution in [0.15, 0.2) is 29.2 Å². The Balaban J connectivity index is 2.20. The van der Waals surface area contributed by atoms with Gasteiger partial charge in [0.1, 0.15) is 0 Å². The van der Waals surface area contributed by atoms with Crippen LogP contribution in [0.2, 0.25) is 0 Å². The molecule has 1 aliphatic rings. The van der Waals surface area contributed by atoms with Gasteiger partial charge in [0.25, 0.3) is 5.91 Å². The molecule has 0 radical (unpaired) electrons. The molecule has 1 saturated heterocycles. The Kier molecular flexibility index (Phi) is 5.67. The first-order valence-electron chi connectivity index (χ1n) is 8.12. The predicted molar refractivity (Wildman–Crippen MR) is 90.5 cm³/mol. The average molecular weight is 355 g/mol. The molecule has 0 bridgehead atoms. The van der Waals surface area contributed by atoms with Crippen molar-refractivity contribution in [2.45, 2.75) is 37.2 Å². The Morgan fingerprint density at radius 3 is 2.46 bits per heavy atom. The standard InChI is InChI=1S/C17H25NO5S/c1-3-9-17(12-19)11-18(10-8-15(17)20)16(21)13-4-6-14(7-5-13)24(2,22)23/h4-7,15,19-20H,3,8-12H2,1-2H3/t15-,17+/m1/s1. The molecule has 0 unspecified atom stereocenters.